The minimum atomic E-state index is -3.80. The number of carbonyl (C=O) groups excluding carboxylic acids is 1. The zero-order valence-electron chi connectivity index (χ0n) is 13.8. The molecule has 1 atom stereocenters. The number of piperidine rings is 1. The summed E-state index contributed by atoms with van der Waals surface area (Å²) in [7, 11) is -3.80. The van der Waals surface area contributed by atoms with Crippen LogP contribution in [-0.4, -0.2) is 58.1 Å². The number of nitrogens with zero attached hydrogens (tertiary/aromatic N) is 3. The summed E-state index contributed by atoms with van der Waals surface area (Å²) < 4.78 is 35.5. The highest BCUT2D eigenvalue weighted by Crippen LogP contribution is 2.28. The highest BCUT2D eigenvalue weighted by atomic mass is 32.2. The number of aromatic nitrogens is 2. The third-order valence-corrected chi connectivity index (χ3v) is 6.70. The topological polar surface area (TPSA) is 130 Å². The van der Waals surface area contributed by atoms with Crippen LogP contribution in [0.15, 0.2) is 23.1 Å². The molecule has 140 valence electrons. The molecule has 1 aromatic heterocycles. The Morgan fingerprint density at radius 3 is 2.92 bits per heavy atom. The van der Waals surface area contributed by atoms with E-state index < -0.39 is 21.9 Å². The van der Waals surface area contributed by atoms with Gasteiger partial charge < -0.3 is 10.4 Å². The van der Waals surface area contributed by atoms with Crippen molar-refractivity contribution in [3.8, 4) is 0 Å². The number of benzene rings is 1. The number of sulfonamides is 1. The van der Waals surface area contributed by atoms with Gasteiger partial charge in [-0.15, -0.1) is 0 Å². The van der Waals surface area contributed by atoms with E-state index in [2.05, 4.69) is 14.1 Å². The molecule has 2 N–H and O–H groups in total. The van der Waals surface area contributed by atoms with Crippen molar-refractivity contribution < 1.29 is 23.1 Å². The molecule has 2 aromatic rings. The quantitative estimate of drug-likeness (QED) is 0.732. The largest absolute Gasteiger partial charge is 0.481 e. The molecule has 0 bridgehead atoms. The lowest BCUT2D eigenvalue weighted by molar-refractivity contribution is -0.137. The lowest BCUT2D eigenvalue weighted by Gasteiger charge is -2.31. The molecule has 1 amide bonds. The molecule has 26 heavy (non-hydrogen) atoms. The molecule has 0 spiro atoms. The molecular weight excluding hydrogens is 380 g/mol. The fourth-order valence-electron chi connectivity index (χ4n) is 2.94. The van der Waals surface area contributed by atoms with Crippen molar-refractivity contribution in [2.45, 2.75) is 24.2 Å². The average molecular weight is 398 g/mol. The summed E-state index contributed by atoms with van der Waals surface area (Å²) in [5, 5.41) is 11.2. The minimum Gasteiger partial charge on any atom is -0.481 e. The maximum atomic E-state index is 13.0. The van der Waals surface area contributed by atoms with Crippen molar-refractivity contribution in [2.75, 3.05) is 19.6 Å². The molecule has 11 heteroatoms. The Morgan fingerprint density at radius 1 is 1.35 bits per heavy atom. The van der Waals surface area contributed by atoms with Gasteiger partial charge in [0.05, 0.1) is 24.1 Å². The number of hydrogen-bond donors (Lipinski definition) is 2. The third-order valence-electron chi connectivity index (χ3n) is 4.26. The van der Waals surface area contributed by atoms with Crippen LogP contribution in [0, 0.1) is 5.92 Å². The Hall–Kier alpha value is -2.11. The van der Waals surface area contributed by atoms with E-state index in [0.29, 0.717) is 30.4 Å². The Kier molecular flexibility index (Phi) is 5.49. The standard InChI is InChI=1S/C15H18N4O5S2/c20-13(21)6-7-16-15(22)10-3-2-8-19(9-10)26(23,24)12-5-1-4-11-14(12)18-25-17-11/h1,4-5,10H,2-3,6-9H2,(H,16,22)(H,20,21)/t10-/m1/s1. The van der Waals surface area contributed by atoms with Crippen LogP contribution in [0.2, 0.25) is 0 Å². The first kappa shape index (κ1) is 18.7. The van der Waals surface area contributed by atoms with Crippen LogP contribution in [-0.2, 0) is 19.6 Å². The van der Waals surface area contributed by atoms with E-state index in [1.807, 2.05) is 0 Å². The lowest BCUT2D eigenvalue weighted by atomic mass is 9.99. The Labute approximate surface area is 154 Å². The first-order valence-electron chi connectivity index (χ1n) is 8.10. The molecule has 0 unspecified atom stereocenters. The Bertz CT molecular complexity index is 927. The molecule has 2 heterocycles. The van der Waals surface area contributed by atoms with Gasteiger partial charge in [-0.3, -0.25) is 9.59 Å². The Morgan fingerprint density at radius 2 is 2.15 bits per heavy atom. The summed E-state index contributed by atoms with van der Waals surface area (Å²) in [6, 6.07) is 4.82. The fourth-order valence-corrected chi connectivity index (χ4v) is 5.22. The summed E-state index contributed by atoms with van der Waals surface area (Å²) in [6.45, 7) is 0.422. The zero-order chi connectivity index (χ0) is 18.7. The van der Waals surface area contributed by atoms with Crippen LogP contribution < -0.4 is 5.32 Å². The van der Waals surface area contributed by atoms with Gasteiger partial charge in [0.15, 0.2) is 0 Å². The molecule has 1 aromatic carbocycles. The van der Waals surface area contributed by atoms with E-state index >= 15 is 0 Å². The van der Waals surface area contributed by atoms with Crippen LogP contribution >= 0.6 is 11.7 Å². The maximum Gasteiger partial charge on any atom is 0.305 e. The van der Waals surface area contributed by atoms with Crippen LogP contribution in [0.25, 0.3) is 11.0 Å². The zero-order valence-corrected chi connectivity index (χ0v) is 15.4. The Balaban J connectivity index is 1.75. The average Bonchev–Trinajstić information content (AvgIpc) is 3.10. The van der Waals surface area contributed by atoms with E-state index in [1.54, 1.807) is 12.1 Å². The molecule has 1 fully saturated rings. The van der Waals surface area contributed by atoms with Gasteiger partial charge in [-0.05, 0) is 25.0 Å². The van der Waals surface area contributed by atoms with Crippen molar-refractivity contribution in [1.82, 2.24) is 18.4 Å². The second kappa shape index (κ2) is 7.64. The van der Waals surface area contributed by atoms with Gasteiger partial charge in [0.25, 0.3) is 0 Å². The van der Waals surface area contributed by atoms with Gasteiger partial charge in [0, 0.05) is 19.6 Å². The van der Waals surface area contributed by atoms with Gasteiger partial charge in [-0.25, -0.2) is 8.42 Å². The molecule has 1 aliphatic rings. The van der Waals surface area contributed by atoms with Gasteiger partial charge in [0.2, 0.25) is 15.9 Å². The second-order valence-electron chi connectivity index (χ2n) is 6.03. The normalized spacial score (nSPS) is 18.7. The molecule has 0 aliphatic carbocycles. The summed E-state index contributed by atoms with van der Waals surface area (Å²) in [4.78, 5) is 22.8. The molecular formula is C15H18N4O5S2. The van der Waals surface area contributed by atoms with E-state index in [-0.39, 0.29) is 30.3 Å². The summed E-state index contributed by atoms with van der Waals surface area (Å²) in [5.74, 6) is -1.82. The molecule has 1 aliphatic heterocycles. The number of rotatable bonds is 6. The molecule has 3 rings (SSSR count). The summed E-state index contributed by atoms with van der Waals surface area (Å²) in [5.41, 5.74) is 0.863. The predicted octanol–water partition coefficient (Wildman–Crippen LogP) is 0.683. The van der Waals surface area contributed by atoms with E-state index in [1.165, 1.54) is 10.4 Å². The third kappa shape index (κ3) is 3.84. The van der Waals surface area contributed by atoms with E-state index in [9.17, 15) is 18.0 Å². The lowest BCUT2D eigenvalue weighted by Crippen LogP contribution is -2.45. The monoisotopic (exact) mass is 398 g/mol. The molecule has 9 nitrogen and oxygen atoms in total. The van der Waals surface area contributed by atoms with Crippen molar-refractivity contribution in [3.05, 3.63) is 18.2 Å². The fraction of sp³-hybridized carbons (Fsp3) is 0.467. The number of nitrogens with one attached hydrogen (secondary N) is 1. The smallest absolute Gasteiger partial charge is 0.305 e. The molecule has 0 saturated carbocycles. The van der Waals surface area contributed by atoms with Crippen molar-refractivity contribution in [3.63, 3.8) is 0 Å². The molecule has 0 radical (unpaired) electrons. The number of amides is 1. The number of hydrogen-bond acceptors (Lipinski definition) is 7. The number of aliphatic carboxylic acids is 1. The highest BCUT2D eigenvalue weighted by molar-refractivity contribution is 7.89. The van der Waals surface area contributed by atoms with Crippen molar-refractivity contribution >= 4 is 44.7 Å². The van der Waals surface area contributed by atoms with Gasteiger partial charge in [0.1, 0.15) is 15.9 Å². The van der Waals surface area contributed by atoms with Crippen molar-refractivity contribution in [2.24, 2.45) is 5.92 Å². The van der Waals surface area contributed by atoms with Gasteiger partial charge in [-0.2, -0.15) is 13.1 Å². The van der Waals surface area contributed by atoms with Crippen molar-refractivity contribution in [1.29, 1.82) is 0 Å². The number of carboxylic acids is 1. The molecule has 1 saturated heterocycles. The maximum absolute atomic E-state index is 13.0. The van der Waals surface area contributed by atoms with E-state index in [0.717, 1.165) is 11.7 Å². The summed E-state index contributed by atoms with van der Waals surface area (Å²) in [6.07, 6.45) is 0.953. The first-order valence-corrected chi connectivity index (χ1v) is 10.3. The predicted molar refractivity (Wildman–Crippen MR) is 94.2 cm³/mol. The summed E-state index contributed by atoms with van der Waals surface area (Å²) >= 11 is 0.952. The van der Waals surface area contributed by atoms with Crippen LogP contribution in [0.3, 0.4) is 0 Å². The van der Waals surface area contributed by atoms with Crippen LogP contribution in [0.5, 0.6) is 0 Å². The number of carboxylic acid groups (broad SMARTS) is 1. The van der Waals surface area contributed by atoms with Crippen LogP contribution in [0.4, 0.5) is 0 Å². The highest BCUT2D eigenvalue weighted by Gasteiger charge is 2.34. The second-order valence-corrected chi connectivity index (χ2v) is 8.46. The van der Waals surface area contributed by atoms with Gasteiger partial charge in [-0.1, -0.05) is 6.07 Å². The number of fused-ring (bicyclic) bond motifs is 1. The number of carbonyl (C=O) groups is 2. The first-order chi connectivity index (χ1) is 12.4. The van der Waals surface area contributed by atoms with Gasteiger partial charge >= 0.3 is 5.97 Å². The minimum absolute atomic E-state index is 0.0290. The van der Waals surface area contributed by atoms with E-state index in [4.69, 9.17) is 5.11 Å². The van der Waals surface area contributed by atoms with Crippen LogP contribution in [0.1, 0.15) is 19.3 Å². The SMILES string of the molecule is O=C(O)CCNC(=O)[C@@H]1CCCN(S(=O)(=O)c2cccc3nsnc23)C1.